The van der Waals surface area contributed by atoms with Crippen LogP contribution in [-0.2, 0) is 14.3 Å². The molecule has 110 valence electrons. The van der Waals surface area contributed by atoms with E-state index in [0.717, 1.165) is 14.6 Å². The van der Waals surface area contributed by atoms with Crippen LogP contribution in [0.3, 0.4) is 0 Å². The van der Waals surface area contributed by atoms with Crippen LogP contribution in [0.2, 0.25) is 0 Å². The molecule has 2 rings (SSSR count). The molecule has 0 saturated heterocycles. The summed E-state index contributed by atoms with van der Waals surface area (Å²) < 4.78 is 6.48. The van der Waals surface area contributed by atoms with Crippen LogP contribution in [0, 0.1) is 0 Å². The van der Waals surface area contributed by atoms with Crippen molar-refractivity contribution in [2.45, 2.75) is 4.34 Å². The smallest absolute Gasteiger partial charge is 0.318 e. The van der Waals surface area contributed by atoms with Gasteiger partial charge in [-0.3, -0.25) is 14.9 Å². The number of urea groups is 1. The van der Waals surface area contributed by atoms with Crippen LogP contribution in [0.1, 0.15) is 0 Å². The minimum Gasteiger partial charge on any atom is -0.455 e. The van der Waals surface area contributed by atoms with Gasteiger partial charge in [-0.1, -0.05) is 23.9 Å². The highest BCUT2D eigenvalue weighted by Crippen LogP contribution is 2.29. The van der Waals surface area contributed by atoms with Crippen molar-refractivity contribution in [2.24, 2.45) is 5.73 Å². The lowest BCUT2D eigenvalue weighted by atomic mass is 10.3. The SMILES string of the molecule is NC(=O)NC(=O)COC(=O)CSc1nc2ccccc2s1. The summed E-state index contributed by atoms with van der Waals surface area (Å²) in [5.41, 5.74) is 5.62. The third kappa shape index (κ3) is 4.72. The van der Waals surface area contributed by atoms with Crippen molar-refractivity contribution in [3.8, 4) is 0 Å². The lowest BCUT2D eigenvalue weighted by Crippen LogP contribution is -2.37. The molecule has 0 atom stereocenters. The first-order valence-corrected chi connectivity index (χ1v) is 7.58. The van der Waals surface area contributed by atoms with Gasteiger partial charge in [0, 0.05) is 0 Å². The van der Waals surface area contributed by atoms with E-state index in [0.29, 0.717) is 0 Å². The Kier molecular flexibility index (Phi) is 5.12. The van der Waals surface area contributed by atoms with Crippen molar-refractivity contribution in [1.82, 2.24) is 10.3 Å². The Balaban J connectivity index is 1.78. The van der Waals surface area contributed by atoms with Gasteiger partial charge >= 0.3 is 12.0 Å². The van der Waals surface area contributed by atoms with Crippen LogP contribution in [-0.4, -0.2) is 35.3 Å². The van der Waals surface area contributed by atoms with Gasteiger partial charge in [0.2, 0.25) is 0 Å². The number of imide groups is 1. The molecule has 0 bridgehead atoms. The van der Waals surface area contributed by atoms with E-state index in [2.05, 4.69) is 4.98 Å². The number of thioether (sulfide) groups is 1. The first kappa shape index (κ1) is 15.3. The second-order valence-electron chi connectivity index (χ2n) is 3.81. The van der Waals surface area contributed by atoms with Crippen LogP contribution in [0.15, 0.2) is 28.6 Å². The fourth-order valence-corrected chi connectivity index (χ4v) is 3.26. The average molecular weight is 325 g/mol. The van der Waals surface area contributed by atoms with E-state index in [1.807, 2.05) is 24.3 Å². The van der Waals surface area contributed by atoms with E-state index in [-0.39, 0.29) is 5.75 Å². The fourth-order valence-electron chi connectivity index (χ4n) is 1.39. The quantitative estimate of drug-likeness (QED) is 0.629. The molecule has 0 saturated carbocycles. The summed E-state index contributed by atoms with van der Waals surface area (Å²) in [7, 11) is 0. The van der Waals surface area contributed by atoms with Gasteiger partial charge in [0.25, 0.3) is 5.91 Å². The van der Waals surface area contributed by atoms with Crippen molar-refractivity contribution in [2.75, 3.05) is 12.4 Å². The van der Waals surface area contributed by atoms with E-state index in [9.17, 15) is 14.4 Å². The van der Waals surface area contributed by atoms with E-state index in [1.54, 1.807) is 5.32 Å². The zero-order valence-corrected chi connectivity index (χ0v) is 12.3. The summed E-state index contributed by atoms with van der Waals surface area (Å²) in [6.07, 6.45) is 0. The highest BCUT2D eigenvalue weighted by atomic mass is 32.2. The minimum absolute atomic E-state index is 0.0314. The number of para-hydroxylation sites is 1. The van der Waals surface area contributed by atoms with Crippen LogP contribution < -0.4 is 11.1 Å². The lowest BCUT2D eigenvalue weighted by molar-refractivity contribution is -0.145. The number of benzene rings is 1. The number of nitrogens with zero attached hydrogens (tertiary/aromatic N) is 1. The van der Waals surface area contributed by atoms with Crippen molar-refractivity contribution in [3.63, 3.8) is 0 Å². The second-order valence-corrected chi connectivity index (χ2v) is 6.06. The topological polar surface area (TPSA) is 111 Å². The molecule has 0 aliphatic heterocycles. The molecule has 0 unspecified atom stereocenters. The number of rotatable bonds is 5. The first-order chi connectivity index (χ1) is 10.0. The summed E-state index contributed by atoms with van der Waals surface area (Å²) in [4.78, 5) is 37.2. The van der Waals surface area contributed by atoms with Crippen LogP contribution in [0.4, 0.5) is 4.79 Å². The molecular weight excluding hydrogens is 314 g/mol. The van der Waals surface area contributed by atoms with Gasteiger partial charge in [-0.25, -0.2) is 9.78 Å². The molecule has 2 aromatic rings. The number of aromatic nitrogens is 1. The minimum atomic E-state index is -0.986. The maximum absolute atomic E-state index is 11.5. The number of nitrogens with two attached hydrogens (primary N) is 1. The average Bonchev–Trinajstić information content (AvgIpc) is 2.85. The second kappa shape index (κ2) is 7.04. The largest absolute Gasteiger partial charge is 0.455 e. The standard InChI is InChI=1S/C12H11N3O4S2/c13-11(18)15-9(16)5-19-10(17)6-20-12-14-7-3-1-2-4-8(7)21-12/h1-4H,5-6H2,(H3,13,15,16,18). The Morgan fingerprint density at radius 2 is 2.10 bits per heavy atom. The van der Waals surface area contributed by atoms with Gasteiger partial charge in [-0.05, 0) is 12.1 Å². The molecule has 9 heteroatoms. The molecule has 0 fully saturated rings. The number of hydrogen-bond donors (Lipinski definition) is 2. The van der Waals surface area contributed by atoms with Gasteiger partial charge in [0.1, 0.15) is 0 Å². The molecule has 0 spiro atoms. The number of hydrogen-bond acceptors (Lipinski definition) is 7. The number of carbonyl (C=O) groups is 3. The highest BCUT2D eigenvalue weighted by Gasteiger charge is 2.11. The number of amides is 3. The van der Waals surface area contributed by atoms with Gasteiger partial charge in [-0.2, -0.15) is 0 Å². The van der Waals surface area contributed by atoms with E-state index in [1.165, 1.54) is 23.1 Å². The van der Waals surface area contributed by atoms with E-state index >= 15 is 0 Å². The predicted octanol–water partition coefficient (Wildman–Crippen LogP) is 1.13. The molecule has 0 aliphatic carbocycles. The number of thiazole rings is 1. The van der Waals surface area contributed by atoms with Gasteiger partial charge in [-0.15, -0.1) is 11.3 Å². The maximum atomic E-state index is 11.5. The molecule has 0 aliphatic rings. The van der Waals surface area contributed by atoms with Gasteiger partial charge < -0.3 is 10.5 Å². The lowest BCUT2D eigenvalue weighted by Gasteiger charge is -2.02. The molecule has 7 nitrogen and oxygen atoms in total. The number of primary amides is 1. The van der Waals surface area contributed by atoms with Crippen LogP contribution in [0.5, 0.6) is 0 Å². The van der Waals surface area contributed by atoms with Crippen molar-refractivity contribution in [1.29, 1.82) is 0 Å². The number of carbonyl (C=O) groups excluding carboxylic acids is 3. The van der Waals surface area contributed by atoms with Gasteiger partial charge in [0.15, 0.2) is 10.9 Å². The van der Waals surface area contributed by atoms with E-state index < -0.39 is 24.5 Å². The molecule has 3 N–H and O–H groups in total. The summed E-state index contributed by atoms with van der Waals surface area (Å²) in [6, 6.07) is 6.66. The van der Waals surface area contributed by atoms with Gasteiger partial charge in [0.05, 0.1) is 16.0 Å². The van der Waals surface area contributed by atoms with Crippen LogP contribution >= 0.6 is 23.1 Å². The zero-order chi connectivity index (χ0) is 15.2. The number of nitrogens with one attached hydrogen (secondary N) is 1. The number of fused-ring (bicyclic) bond motifs is 1. The maximum Gasteiger partial charge on any atom is 0.318 e. The summed E-state index contributed by atoms with van der Waals surface area (Å²) >= 11 is 2.71. The molecule has 1 aromatic carbocycles. The van der Waals surface area contributed by atoms with Crippen molar-refractivity contribution >= 4 is 51.2 Å². The normalized spacial score (nSPS) is 10.3. The van der Waals surface area contributed by atoms with Crippen molar-refractivity contribution < 1.29 is 19.1 Å². The van der Waals surface area contributed by atoms with Crippen LogP contribution in [0.25, 0.3) is 10.2 Å². The molecule has 21 heavy (non-hydrogen) atoms. The Labute approximate surface area is 127 Å². The Morgan fingerprint density at radius 1 is 1.33 bits per heavy atom. The predicted molar refractivity (Wildman–Crippen MR) is 79.0 cm³/mol. The Hall–Kier alpha value is -2.13. The summed E-state index contributed by atoms with van der Waals surface area (Å²) in [5.74, 6) is -1.30. The molecule has 1 heterocycles. The number of ether oxygens (including phenoxy) is 1. The molecule has 1 aromatic heterocycles. The monoisotopic (exact) mass is 325 g/mol. The summed E-state index contributed by atoms with van der Waals surface area (Å²) in [5, 5.41) is 1.80. The highest BCUT2D eigenvalue weighted by molar-refractivity contribution is 8.01. The molecular formula is C12H11N3O4S2. The molecule has 0 radical (unpaired) electrons. The summed E-state index contributed by atoms with van der Waals surface area (Å²) in [6.45, 7) is -0.540. The molecule has 3 amide bonds. The zero-order valence-electron chi connectivity index (χ0n) is 10.7. The number of esters is 1. The first-order valence-electron chi connectivity index (χ1n) is 5.78. The third-order valence-electron chi connectivity index (χ3n) is 2.21. The Bertz CT molecular complexity index is 653. The Morgan fingerprint density at radius 3 is 2.81 bits per heavy atom. The van der Waals surface area contributed by atoms with Crippen molar-refractivity contribution in [3.05, 3.63) is 24.3 Å². The fraction of sp³-hybridized carbons (Fsp3) is 0.167. The third-order valence-corrected chi connectivity index (χ3v) is 4.37. The van der Waals surface area contributed by atoms with E-state index in [4.69, 9.17) is 10.5 Å².